The molecule has 2 heterocycles. The maximum atomic E-state index is 11.5. The molecule has 0 N–H and O–H groups in total. The minimum absolute atomic E-state index is 0.171. The van der Waals surface area contributed by atoms with Gasteiger partial charge in [0.05, 0.1) is 37.1 Å². The monoisotopic (exact) mass is 436 g/mol. The molecule has 0 aliphatic heterocycles. The minimum atomic E-state index is -0.461. The Hall–Kier alpha value is -2.03. The number of nitrogens with zero attached hydrogens (tertiary/aromatic N) is 2. The lowest BCUT2D eigenvalue weighted by atomic mass is 10.0. The summed E-state index contributed by atoms with van der Waals surface area (Å²) in [6.45, 7) is 6.28. The Balaban J connectivity index is 2.13. The highest BCUT2D eigenvalue weighted by Crippen LogP contribution is 2.30. The van der Waals surface area contributed by atoms with Gasteiger partial charge in [0.25, 0.3) is 0 Å². The fourth-order valence-corrected chi connectivity index (χ4v) is 4.39. The van der Waals surface area contributed by atoms with Gasteiger partial charge in [-0.15, -0.1) is 22.7 Å². The van der Waals surface area contributed by atoms with E-state index in [4.69, 9.17) is 14.5 Å². The molecular formula is C21H28N2O4S2. The van der Waals surface area contributed by atoms with Gasteiger partial charge in [-0.1, -0.05) is 26.8 Å². The molecule has 29 heavy (non-hydrogen) atoms. The van der Waals surface area contributed by atoms with Crippen molar-refractivity contribution in [2.24, 2.45) is 5.92 Å². The predicted octanol–water partition coefficient (Wildman–Crippen LogP) is 5.15. The first-order chi connectivity index (χ1) is 13.9. The normalized spacial score (nSPS) is 15.3. The van der Waals surface area contributed by atoms with E-state index in [1.165, 1.54) is 20.3 Å². The third-order valence-corrected chi connectivity index (χ3v) is 6.62. The van der Waals surface area contributed by atoms with E-state index in [0.717, 1.165) is 27.8 Å². The molecule has 0 amide bonds. The number of hydrogen-bond donors (Lipinski definition) is 0. The summed E-state index contributed by atoms with van der Waals surface area (Å²) in [6, 6.07) is 0. The fourth-order valence-electron chi connectivity index (χ4n) is 2.62. The first-order valence-corrected chi connectivity index (χ1v) is 11.1. The van der Waals surface area contributed by atoms with Crippen LogP contribution in [0.5, 0.6) is 0 Å². The van der Waals surface area contributed by atoms with Crippen LogP contribution in [0.3, 0.4) is 0 Å². The molecule has 158 valence electrons. The molecule has 0 aliphatic rings. The molecule has 0 saturated heterocycles. The van der Waals surface area contributed by atoms with Crippen LogP contribution in [0.4, 0.5) is 0 Å². The van der Waals surface area contributed by atoms with Crippen molar-refractivity contribution in [3.8, 4) is 10.7 Å². The van der Waals surface area contributed by atoms with Gasteiger partial charge in [-0.25, -0.2) is 14.8 Å². The van der Waals surface area contributed by atoms with Crippen LogP contribution in [0.15, 0.2) is 28.7 Å². The van der Waals surface area contributed by atoms with E-state index >= 15 is 0 Å². The van der Waals surface area contributed by atoms with Gasteiger partial charge < -0.3 is 14.2 Å². The minimum Gasteiger partial charge on any atom is -0.500 e. The summed E-state index contributed by atoms with van der Waals surface area (Å²) in [5.74, 6) is 0.323. The van der Waals surface area contributed by atoms with Gasteiger partial charge in [-0.3, -0.25) is 0 Å². The van der Waals surface area contributed by atoms with Gasteiger partial charge in [0.2, 0.25) is 0 Å². The highest BCUT2D eigenvalue weighted by molar-refractivity contribution is 7.14. The van der Waals surface area contributed by atoms with Gasteiger partial charge in [-0.05, 0) is 12.5 Å². The lowest BCUT2D eigenvalue weighted by molar-refractivity contribution is -0.135. The quantitative estimate of drug-likeness (QED) is 0.291. The van der Waals surface area contributed by atoms with Crippen molar-refractivity contribution in [1.82, 2.24) is 9.97 Å². The number of thiazole rings is 2. The number of esters is 1. The van der Waals surface area contributed by atoms with E-state index in [2.05, 4.69) is 28.9 Å². The van der Waals surface area contributed by atoms with Crippen LogP contribution >= 0.6 is 22.7 Å². The first-order valence-electron chi connectivity index (χ1n) is 9.39. The highest BCUT2D eigenvalue weighted by Gasteiger charge is 2.21. The average molecular weight is 437 g/mol. The second kappa shape index (κ2) is 11.2. The van der Waals surface area contributed by atoms with Crippen molar-refractivity contribution in [2.75, 3.05) is 21.3 Å². The van der Waals surface area contributed by atoms with Crippen molar-refractivity contribution in [2.45, 2.75) is 39.2 Å². The molecule has 1 unspecified atom stereocenters. The summed E-state index contributed by atoms with van der Waals surface area (Å²) in [6.07, 6.45) is 5.95. The van der Waals surface area contributed by atoms with E-state index in [0.29, 0.717) is 11.7 Å². The zero-order valence-electron chi connectivity index (χ0n) is 17.7. The van der Waals surface area contributed by atoms with Crippen LogP contribution in [0.1, 0.15) is 43.8 Å². The van der Waals surface area contributed by atoms with Crippen LogP contribution < -0.4 is 0 Å². The van der Waals surface area contributed by atoms with Gasteiger partial charge >= 0.3 is 5.97 Å². The smallest absolute Gasteiger partial charge is 0.333 e. The SMILES string of the molecule is CCC(C)c1nc(-c2nc(/C=C/[C@H](OC)[C@@H](C)/C(=C\C(=O)OC)OC)cs2)cs1. The van der Waals surface area contributed by atoms with Crippen molar-refractivity contribution >= 4 is 34.7 Å². The summed E-state index contributed by atoms with van der Waals surface area (Å²) in [5.41, 5.74) is 1.77. The molecule has 6 nitrogen and oxygen atoms in total. The molecule has 8 heteroatoms. The second-order valence-electron chi connectivity index (χ2n) is 6.58. The van der Waals surface area contributed by atoms with Crippen molar-refractivity contribution in [1.29, 1.82) is 0 Å². The Morgan fingerprint density at radius 1 is 1.14 bits per heavy atom. The number of methoxy groups -OCH3 is 3. The molecule has 2 aromatic heterocycles. The molecule has 2 aromatic rings. The Kier molecular flexibility index (Phi) is 9.00. The van der Waals surface area contributed by atoms with Crippen LogP contribution in [-0.4, -0.2) is 43.4 Å². The maximum Gasteiger partial charge on any atom is 0.333 e. The average Bonchev–Trinajstić information content (AvgIpc) is 3.41. The van der Waals surface area contributed by atoms with Crippen molar-refractivity contribution in [3.63, 3.8) is 0 Å². The lowest BCUT2D eigenvalue weighted by Crippen LogP contribution is -2.21. The molecular weight excluding hydrogens is 408 g/mol. The molecule has 0 radical (unpaired) electrons. The topological polar surface area (TPSA) is 70.5 Å². The van der Waals surface area contributed by atoms with Crippen LogP contribution in [0, 0.1) is 5.92 Å². The van der Waals surface area contributed by atoms with E-state index < -0.39 is 5.97 Å². The maximum absolute atomic E-state index is 11.5. The van der Waals surface area contributed by atoms with Gasteiger partial charge in [-0.2, -0.15) is 0 Å². The van der Waals surface area contributed by atoms with E-state index in [1.54, 1.807) is 29.8 Å². The Bertz CT molecular complexity index is 856. The molecule has 0 aromatic carbocycles. The first kappa shape index (κ1) is 23.3. The van der Waals surface area contributed by atoms with Crippen LogP contribution in [0.2, 0.25) is 0 Å². The highest BCUT2D eigenvalue weighted by atomic mass is 32.1. The summed E-state index contributed by atoms with van der Waals surface area (Å²) >= 11 is 3.25. The molecule has 0 spiro atoms. The molecule has 0 aliphatic carbocycles. The number of ether oxygens (including phenoxy) is 3. The third-order valence-electron chi connectivity index (χ3n) is 4.66. The summed E-state index contributed by atoms with van der Waals surface area (Å²) in [7, 11) is 4.48. The standard InChI is InChI=1S/C21H28N2O4S2/c1-7-13(2)20-23-16(12-29-20)21-22-15(11-28-21)8-9-17(25-4)14(3)18(26-5)10-19(24)27-6/h8-14,17H,7H2,1-6H3/b9-8+,18-10+/t13?,14-,17+/m1/s1. The zero-order chi connectivity index (χ0) is 21.4. The van der Waals surface area contributed by atoms with Crippen molar-refractivity contribution < 1.29 is 19.0 Å². The molecule has 0 saturated carbocycles. The fraction of sp³-hybridized carbons (Fsp3) is 0.476. The third kappa shape index (κ3) is 6.22. The number of hydrogen-bond acceptors (Lipinski definition) is 8. The summed E-state index contributed by atoms with van der Waals surface area (Å²) < 4.78 is 15.6. The Morgan fingerprint density at radius 3 is 2.52 bits per heavy atom. The number of carbonyl (C=O) groups excluding carboxylic acids is 1. The van der Waals surface area contributed by atoms with Crippen molar-refractivity contribution in [3.05, 3.63) is 39.4 Å². The summed E-state index contributed by atoms with van der Waals surface area (Å²) in [4.78, 5) is 20.9. The Morgan fingerprint density at radius 2 is 1.90 bits per heavy atom. The van der Waals surface area contributed by atoms with E-state index in [1.807, 2.05) is 24.5 Å². The van der Waals surface area contributed by atoms with Crippen LogP contribution in [0.25, 0.3) is 16.8 Å². The number of rotatable bonds is 10. The van der Waals surface area contributed by atoms with Crippen LogP contribution in [-0.2, 0) is 19.0 Å². The number of aromatic nitrogens is 2. The predicted molar refractivity (Wildman–Crippen MR) is 118 cm³/mol. The molecule has 0 bridgehead atoms. The van der Waals surface area contributed by atoms with E-state index in [9.17, 15) is 4.79 Å². The lowest BCUT2D eigenvalue weighted by Gasteiger charge is -2.21. The van der Waals surface area contributed by atoms with E-state index in [-0.39, 0.29) is 12.0 Å². The Labute approximate surface area is 180 Å². The zero-order valence-corrected chi connectivity index (χ0v) is 19.3. The van der Waals surface area contributed by atoms with Gasteiger partial charge in [0.1, 0.15) is 16.5 Å². The van der Waals surface area contributed by atoms with Gasteiger partial charge in [0, 0.05) is 29.7 Å². The molecule has 2 rings (SSSR count). The molecule has 0 fully saturated rings. The largest absolute Gasteiger partial charge is 0.500 e. The summed E-state index contributed by atoms with van der Waals surface area (Å²) in [5, 5.41) is 6.11. The number of carbonyl (C=O) groups is 1. The second-order valence-corrected chi connectivity index (χ2v) is 8.33. The molecule has 3 atom stereocenters. The van der Waals surface area contributed by atoms with Gasteiger partial charge in [0.15, 0.2) is 0 Å².